The molecule has 0 aromatic carbocycles. The van der Waals surface area contributed by atoms with Crippen LogP contribution in [-0.2, 0) is 5.67 Å². The minimum absolute atomic E-state index is 0.212. The van der Waals surface area contributed by atoms with Gasteiger partial charge in [-0.2, -0.15) is 0 Å². The van der Waals surface area contributed by atoms with Crippen LogP contribution in [-0.4, -0.2) is 41.0 Å². The van der Waals surface area contributed by atoms with E-state index in [-0.39, 0.29) is 11.6 Å². The Balaban J connectivity index is 1.63. The monoisotopic (exact) mass is 462 g/mol. The molecular formula is C26H31FN6O. The van der Waals surface area contributed by atoms with Crippen LogP contribution in [0.25, 0.3) is 11.1 Å². The molecule has 0 atom stereocenters. The molecule has 0 spiro atoms. The molecular weight excluding hydrogens is 431 g/mol. The predicted octanol–water partition coefficient (Wildman–Crippen LogP) is 5.34. The van der Waals surface area contributed by atoms with E-state index in [2.05, 4.69) is 31.6 Å². The Bertz CT molecular complexity index is 1180. The van der Waals surface area contributed by atoms with Crippen molar-refractivity contribution in [3.63, 3.8) is 0 Å². The third-order valence-corrected chi connectivity index (χ3v) is 6.04. The molecule has 1 saturated heterocycles. The first-order valence-electron chi connectivity index (χ1n) is 11.6. The number of rotatable bonds is 6. The number of hydrogen-bond donors (Lipinski definition) is 2. The Hall–Kier alpha value is -3.55. The molecule has 1 amide bonds. The number of hydrogen-bond acceptors (Lipinski definition) is 6. The molecule has 1 aliphatic heterocycles. The molecule has 2 N–H and O–H groups in total. The molecule has 4 rings (SSSR count). The number of carbonyl (C=O) groups excluding carboxylic acids is 1. The maximum Gasteiger partial charge on any atom is 0.255 e. The maximum absolute atomic E-state index is 14.3. The van der Waals surface area contributed by atoms with Crippen molar-refractivity contribution in [1.29, 1.82) is 0 Å². The number of nitrogens with zero attached hydrogens (tertiary/aromatic N) is 4. The van der Waals surface area contributed by atoms with Gasteiger partial charge in [0.25, 0.3) is 5.91 Å². The minimum atomic E-state index is -1.63. The maximum atomic E-state index is 14.3. The van der Waals surface area contributed by atoms with E-state index in [1.807, 2.05) is 26.1 Å². The van der Waals surface area contributed by atoms with E-state index in [1.165, 1.54) is 45.4 Å². The van der Waals surface area contributed by atoms with Crippen LogP contribution in [0, 0.1) is 6.92 Å². The summed E-state index contributed by atoms with van der Waals surface area (Å²) in [6, 6.07) is 9.03. The zero-order valence-corrected chi connectivity index (χ0v) is 20.2. The Kier molecular flexibility index (Phi) is 6.77. The van der Waals surface area contributed by atoms with E-state index >= 15 is 0 Å². The second-order valence-electron chi connectivity index (χ2n) is 9.11. The highest BCUT2D eigenvalue weighted by Gasteiger charge is 2.22. The van der Waals surface area contributed by atoms with Gasteiger partial charge in [0.2, 0.25) is 0 Å². The number of carbonyl (C=O) groups is 1. The van der Waals surface area contributed by atoms with Gasteiger partial charge in [-0.1, -0.05) is 0 Å². The number of pyridine rings is 3. The molecule has 178 valence electrons. The van der Waals surface area contributed by atoms with E-state index in [4.69, 9.17) is 4.98 Å². The number of aromatic nitrogens is 3. The highest BCUT2D eigenvalue weighted by atomic mass is 19.1. The third-order valence-electron chi connectivity index (χ3n) is 6.04. The number of nitrogens with one attached hydrogen (secondary N) is 2. The van der Waals surface area contributed by atoms with Gasteiger partial charge in [0.05, 0.1) is 17.6 Å². The zero-order chi connectivity index (χ0) is 24.3. The Morgan fingerprint density at radius 2 is 1.85 bits per heavy atom. The van der Waals surface area contributed by atoms with Crippen molar-refractivity contribution in [2.24, 2.45) is 0 Å². The second kappa shape index (κ2) is 9.75. The van der Waals surface area contributed by atoms with Crippen molar-refractivity contribution < 1.29 is 9.18 Å². The van der Waals surface area contributed by atoms with Gasteiger partial charge in [0, 0.05) is 43.2 Å². The number of alkyl halides is 1. The topological polar surface area (TPSA) is 83.0 Å². The molecule has 0 bridgehead atoms. The van der Waals surface area contributed by atoms with Crippen molar-refractivity contribution in [2.75, 3.05) is 35.7 Å². The van der Waals surface area contributed by atoms with Crippen molar-refractivity contribution in [3.05, 3.63) is 59.7 Å². The van der Waals surface area contributed by atoms with E-state index in [0.29, 0.717) is 11.3 Å². The van der Waals surface area contributed by atoms with Crippen molar-refractivity contribution in [1.82, 2.24) is 15.0 Å². The van der Waals surface area contributed by atoms with Gasteiger partial charge < -0.3 is 15.5 Å². The summed E-state index contributed by atoms with van der Waals surface area (Å²) in [6.45, 7) is 6.77. The van der Waals surface area contributed by atoms with E-state index in [1.54, 1.807) is 12.3 Å². The van der Waals surface area contributed by atoms with Crippen LogP contribution in [0.3, 0.4) is 0 Å². The molecule has 1 aliphatic rings. The largest absolute Gasteiger partial charge is 0.373 e. The van der Waals surface area contributed by atoms with Gasteiger partial charge in [0.15, 0.2) is 0 Å². The Labute approximate surface area is 199 Å². The lowest BCUT2D eigenvalue weighted by Crippen LogP contribution is -2.30. The van der Waals surface area contributed by atoms with E-state index in [9.17, 15) is 9.18 Å². The molecule has 8 heteroatoms. The van der Waals surface area contributed by atoms with Gasteiger partial charge in [-0.25, -0.2) is 9.37 Å². The summed E-state index contributed by atoms with van der Waals surface area (Å²) in [5.41, 5.74) is 2.22. The van der Waals surface area contributed by atoms with Crippen LogP contribution in [0.1, 0.15) is 54.9 Å². The van der Waals surface area contributed by atoms with Crippen LogP contribution < -0.4 is 15.5 Å². The molecule has 34 heavy (non-hydrogen) atoms. The van der Waals surface area contributed by atoms with Gasteiger partial charge >= 0.3 is 0 Å². The van der Waals surface area contributed by atoms with Gasteiger partial charge in [-0.15, -0.1) is 0 Å². The molecule has 0 aliphatic carbocycles. The first kappa shape index (κ1) is 23.6. The highest BCUT2D eigenvalue weighted by Crippen LogP contribution is 2.31. The molecule has 3 aromatic heterocycles. The summed E-state index contributed by atoms with van der Waals surface area (Å²) in [5, 5.41) is 6.04. The van der Waals surface area contributed by atoms with Crippen LogP contribution in [0.2, 0.25) is 0 Å². The standard InChI is InChI=1S/C26H31FN6O/c1-17-21(19-13-23(28-4)32-24(14-19)33-10-6-5-7-11-33)15-20(16-30-17)31-25(34)18-8-9-29-22(12-18)26(2,3)27/h8-9,12-16H,5-7,10-11H2,1-4H3,(H,28,32)(H,31,34). The molecule has 3 aromatic rings. The molecule has 0 saturated carbocycles. The lowest BCUT2D eigenvalue weighted by atomic mass is 10.0. The van der Waals surface area contributed by atoms with Crippen LogP contribution in [0.5, 0.6) is 0 Å². The number of aryl methyl sites for hydroxylation is 1. The SMILES string of the molecule is CNc1cc(-c2cc(NC(=O)c3ccnc(C(C)(C)F)c3)cnc2C)cc(N2CCCCC2)n1. The zero-order valence-electron chi connectivity index (χ0n) is 20.2. The summed E-state index contributed by atoms with van der Waals surface area (Å²) in [6.07, 6.45) is 6.66. The lowest BCUT2D eigenvalue weighted by molar-refractivity contribution is 0.102. The fourth-order valence-corrected chi connectivity index (χ4v) is 4.08. The number of amides is 1. The number of piperidine rings is 1. The molecule has 4 heterocycles. The Morgan fingerprint density at radius 1 is 1.09 bits per heavy atom. The third kappa shape index (κ3) is 5.32. The smallest absolute Gasteiger partial charge is 0.255 e. The van der Waals surface area contributed by atoms with Gasteiger partial charge in [-0.05, 0) is 75.9 Å². The van der Waals surface area contributed by atoms with Crippen LogP contribution in [0.15, 0.2) is 42.7 Å². The van der Waals surface area contributed by atoms with E-state index in [0.717, 1.165) is 41.5 Å². The van der Waals surface area contributed by atoms with E-state index < -0.39 is 5.67 Å². The van der Waals surface area contributed by atoms with Crippen LogP contribution in [0.4, 0.5) is 21.7 Å². The quantitative estimate of drug-likeness (QED) is 0.515. The summed E-state index contributed by atoms with van der Waals surface area (Å²) in [4.78, 5) is 28.5. The summed E-state index contributed by atoms with van der Waals surface area (Å²) < 4.78 is 14.3. The summed E-state index contributed by atoms with van der Waals surface area (Å²) in [5.74, 6) is 1.38. The molecule has 0 unspecified atom stereocenters. The molecule has 0 radical (unpaired) electrons. The first-order valence-corrected chi connectivity index (χ1v) is 11.6. The van der Waals surface area contributed by atoms with Crippen LogP contribution >= 0.6 is 0 Å². The normalized spacial score (nSPS) is 14.1. The summed E-state index contributed by atoms with van der Waals surface area (Å²) >= 11 is 0. The van der Waals surface area contributed by atoms with Crippen molar-refractivity contribution in [3.8, 4) is 11.1 Å². The second-order valence-corrected chi connectivity index (χ2v) is 9.11. The molecule has 1 fully saturated rings. The summed E-state index contributed by atoms with van der Waals surface area (Å²) in [7, 11) is 1.86. The van der Waals surface area contributed by atoms with Crippen molar-refractivity contribution >= 4 is 23.2 Å². The predicted molar refractivity (Wildman–Crippen MR) is 134 cm³/mol. The fraction of sp³-hybridized carbons (Fsp3) is 0.385. The van der Waals surface area contributed by atoms with Gasteiger partial charge in [-0.3, -0.25) is 14.8 Å². The Morgan fingerprint density at radius 3 is 2.56 bits per heavy atom. The average molecular weight is 463 g/mol. The average Bonchev–Trinajstić information content (AvgIpc) is 2.85. The fourth-order valence-electron chi connectivity index (χ4n) is 4.08. The molecule has 7 nitrogen and oxygen atoms in total. The number of anilines is 3. The first-order chi connectivity index (χ1) is 16.2. The highest BCUT2D eigenvalue weighted by molar-refractivity contribution is 6.04. The minimum Gasteiger partial charge on any atom is -0.373 e. The number of halogens is 1. The lowest BCUT2D eigenvalue weighted by Gasteiger charge is -2.28. The van der Waals surface area contributed by atoms with Crippen molar-refractivity contribution in [2.45, 2.75) is 45.7 Å². The van der Waals surface area contributed by atoms with Gasteiger partial charge in [0.1, 0.15) is 17.3 Å².